The Morgan fingerprint density at radius 3 is 2.19 bits per heavy atom. The number of phenols is 1. The van der Waals surface area contributed by atoms with E-state index in [1.54, 1.807) is 4.90 Å². The molecule has 3 nitrogen and oxygen atoms in total. The smallest absolute Gasteiger partial charge is 0.260 e. The van der Waals surface area contributed by atoms with Crippen LogP contribution in [0.3, 0.4) is 0 Å². The number of aromatic hydroxyl groups is 1. The Balaban J connectivity index is 1.84. The van der Waals surface area contributed by atoms with E-state index in [1.807, 2.05) is 12.1 Å². The molecule has 1 amide bonds. The number of hydrogen-bond donors (Lipinski definition) is 1. The minimum Gasteiger partial charge on any atom is -0.507 e. The van der Waals surface area contributed by atoms with Gasteiger partial charge in [-0.1, -0.05) is 30.3 Å². The molecule has 1 N–H and O–H groups in total. The van der Waals surface area contributed by atoms with Gasteiger partial charge in [0.05, 0.1) is 0 Å². The Morgan fingerprint density at radius 1 is 1.00 bits per heavy atom. The maximum atomic E-state index is 13.8. The van der Waals surface area contributed by atoms with E-state index < -0.39 is 11.7 Å². The number of phenolic OH excluding ortho intramolecular Hbond substituents is 1. The lowest BCUT2D eigenvalue weighted by molar-refractivity contribution is 0.0755. The Morgan fingerprint density at radius 2 is 1.62 bits per heavy atom. The quantitative estimate of drug-likeness (QED) is 0.875. The number of amides is 1. The first-order valence-electron chi connectivity index (χ1n) is 7.00. The highest BCUT2D eigenvalue weighted by molar-refractivity contribution is 5.97. The second-order valence-electron chi connectivity index (χ2n) is 5.19. The molecule has 21 heavy (non-hydrogen) atoms. The van der Waals surface area contributed by atoms with E-state index >= 15 is 0 Å². The lowest BCUT2D eigenvalue weighted by Crippen LogP contribution is -2.33. The molecule has 0 atom stereocenters. The lowest BCUT2D eigenvalue weighted by atomic mass is 10.0. The van der Waals surface area contributed by atoms with Crippen molar-refractivity contribution < 1.29 is 14.3 Å². The van der Waals surface area contributed by atoms with Crippen molar-refractivity contribution in [2.75, 3.05) is 13.1 Å². The minimum atomic E-state index is -0.679. The Kier molecular flexibility index (Phi) is 3.60. The summed E-state index contributed by atoms with van der Waals surface area (Å²) in [5.74, 6) is -1.43. The van der Waals surface area contributed by atoms with Crippen molar-refractivity contribution in [3.05, 3.63) is 65.0 Å². The first kappa shape index (κ1) is 13.6. The third-order valence-electron chi connectivity index (χ3n) is 3.91. The fraction of sp³-hybridized carbons (Fsp3) is 0.235. The second-order valence-corrected chi connectivity index (χ2v) is 5.19. The second kappa shape index (κ2) is 5.56. The number of halogens is 1. The van der Waals surface area contributed by atoms with Crippen LogP contribution >= 0.6 is 0 Å². The third kappa shape index (κ3) is 2.61. The van der Waals surface area contributed by atoms with Gasteiger partial charge in [0, 0.05) is 13.1 Å². The van der Waals surface area contributed by atoms with Crippen molar-refractivity contribution in [3.63, 3.8) is 0 Å². The van der Waals surface area contributed by atoms with Gasteiger partial charge in [-0.15, -0.1) is 0 Å². The van der Waals surface area contributed by atoms with Gasteiger partial charge < -0.3 is 10.0 Å². The zero-order valence-corrected chi connectivity index (χ0v) is 11.6. The van der Waals surface area contributed by atoms with Crippen LogP contribution in [0, 0.1) is 5.82 Å². The van der Waals surface area contributed by atoms with E-state index in [0.29, 0.717) is 13.1 Å². The molecule has 0 bridgehead atoms. The molecule has 0 fully saturated rings. The summed E-state index contributed by atoms with van der Waals surface area (Å²) >= 11 is 0. The van der Waals surface area contributed by atoms with Crippen LogP contribution in [0.4, 0.5) is 4.39 Å². The van der Waals surface area contributed by atoms with Crippen LogP contribution in [0.15, 0.2) is 42.5 Å². The first-order chi connectivity index (χ1) is 10.2. The molecular formula is C17H16FNO2. The lowest BCUT2D eigenvalue weighted by Gasteiger charge is -2.21. The zero-order valence-electron chi connectivity index (χ0n) is 11.6. The number of benzene rings is 2. The van der Waals surface area contributed by atoms with E-state index in [2.05, 4.69) is 12.1 Å². The standard InChI is InChI=1S/C17H16FNO2/c18-14-6-3-7-15(20)16(14)17(21)19-10-8-12-4-1-2-5-13(12)9-11-19/h1-7,20H,8-11H2. The summed E-state index contributed by atoms with van der Waals surface area (Å²) in [6.45, 7) is 1.06. The summed E-state index contributed by atoms with van der Waals surface area (Å²) in [5.41, 5.74) is 2.22. The van der Waals surface area contributed by atoms with E-state index in [-0.39, 0.29) is 11.3 Å². The van der Waals surface area contributed by atoms with Gasteiger partial charge in [-0.3, -0.25) is 4.79 Å². The summed E-state index contributed by atoms with van der Waals surface area (Å²) in [6.07, 6.45) is 1.49. The highest BCUT2D eigenvalue weighted by atomic mass is 19.1. The molecule has 0 radical (unpaired) electrons. The highest BCUT2D eigenvalue weighted by Gasteiger charge is 2.24. The van der Waals surface area contributed by atoms with Crippen LogP contribution < -0.4 is 0 Å². The molecule has 4 heteroatoms. The Labute approximate surface area is 122 Å². The van der Waals surface area contributed by atoms with E-state index in [1.165, 1.54) is 29.3 Å². The Bertz CT molecular complexity index is 637. The molecule has 0 unspecified atom stereocenters. The van der Waals surface area contributed by atoms with Gasteiger partial charge in [-0.25, -0.2) is 4.39 Å². The van der Waals surface area contributed by atoms with Crippen molar-refractivity contribution >= 4 is 5.91 Å². The van der Waals surface area contributed by atoms with Crippen molar-refractivity contribution in [2.45, 2.75) is 12.8 Å². The highest BCUT2D eigenvalue weighted by Crippen LogP contribution is 2.23. The van der Waals surface area contributed by atoms with Crippen LogP contribution in [0.2, 0.25) is 0 Å². The molecule has 0 saturated carbocycles. The predicted octanol–water partition coefficient (Wildman–Crippen LogP) is 2.77. The monoisotopic (exact) mass is 285 g/mol. The van der Waals surface area contributed by atoms with E-state index in [0.717, 1.165) is 12.8 Å². The predicted molar refractivity (Wildman–Crippen MR) is 77.8 cm³/mol. The van der Waals surface area contributed by atoms with Gasteiger partial charge in [0.15, 0.2) is 0 Å². The van der Waals surface area contributed by atoms with Crippen molar-refractivity contribution in [1.82, 2.24) is 4.90 Å². The van der Waals surface area contributed by atoms with Crippen LogP contribution in [0.25, 0.3) is 0 Å². The number of carbonyl (C=O) groups excluding carboxylic acids is 1. The number of rotatable bonds is 1. The third-order valence-corrected chi connectivity index (χ3v) is 3.91. The first-order valence-corrected chi connectivity index (χ1v) is 7.00. The number of nitrogens with zero attached hydrogens (tertiary/aromatic N) is 1. The average Bonchev–Trinajstić information content (AvgIpc) is 2.69. The molecule has 0 aromatic heterocycles. The number of carbonyl (C=O) groups is 1. The summed E-state index contributed by atoms with van der Waals surface area (Å²) in [5, 5.41) is 9.75. The molecule has 1 aliphatic rings. The average molecular weight is 285 g/mol. The maximum Gasteiger partial charge on any atom is 0.260 e. The molecule has 1 aliphatic heterocycles. The number of hydrogen-bond acceptors (Lipinski definition) is 2. The molecule has 0 spiro atoms. The fourth-order valence-electron chi connectivity index (χ4n) is 2.75. The molecular weight excluding hydrogens is 269 g/mol. The SMILES string of the molecule is O=C(c1c(O)cccc1F)N1CCc2ccccc2CC1. The summed E-state index contributed by atoms with van der Waals surface area (Å²) in [7, 11) is 0. The minimum absolute atomic E-state index is 0.233. The van der Waals surface area contributed by atoms with Gasteiger partial charge in [0.1, 0.15) is 17.1 Å². The largest absolute Gasteiger partial charge is 0.507 e. The van der Waals surface area contributed by atoms with Crippen molar-refractivity contribution in [3.8, 4) is 5.75 Å². The van der Waals surface area contributed by atoms with Crippen LogP contribution in [-0.2, 0) is 12.8 Å². The van der Waals surface area contributed by atoms with Crippen molar-refractivity contribution in [2.24, 2.45) is 0 Å². The topological polar surface area (TPSA) is 40.5 Å². The molecule has 108 valence electrons. The van der Waals surface area contributed by atoms with E-state index in [9.17, 15) is 14.3 Å². The molecule has 2 aromatic rings. The maximum absolute atomic E-state index is 13.8. The van der Waals surface area contributed by atoms with Crippen LogP contribution in [0.5, 0.6) is 5.75 Å². The molecule has 1 heterocycles. The van der Waals surface area contributed by atoms with Gasteiger partial charge in [0.25, 0.3) is 5.91 Å². The van der Waals surface area contributed by atoms with Gasteiger partial charge in [-0.2, -0.15) is 0 Å². The molecule has 0 aliphatic carbocycles. The Hall–Kier alpha value is -2.36. The normalized spacial score (nSPS) is 14.4. The van der Waals surface area contributed by atoms with Crippen LogP contribution in [-0.4, -0.2) is 29.0 Å². The summed E-state index contributed by atoms with van der Waals surface area (Å²) < 4.78 is 13.8. The van der Waals surface area contributed by atoms with Crippen LogP contribution in [0.1, 0.15) is 21.5 Å². The summed E-state index contributed by atoms with van der Waals surface area (Å²) in [6, 6.07) is 12.0. The van der Waals surface area contributed by atoms with E-state index in [4.69, 9.17) is 0 Å². The van der Waals surface area contributed by atoms with Crippen molar-refractivity contribution in [1.29, 1.82) is 0 Å². The fourth-order valence-corrected chi connectivity index (χ4v) is 2.75. The zero-order chi connectivity index (χ0) is 14.8. The van der Waals surface area contributed by atoms with Gasteiger partial charge in [0.2, 0.25) is 0 Å². The summed E-state index contributed by atoms with van der Waals surface area (Å²) in [4.78, 5) is 14.1. The molecule has 3 rings (SSSR count). The van der Waals surface area contributed by atoms with Gasteiger partial charge >= 0.3 is 0 Å². The molecule has 2 aromatic carbocycles. The van der Waals surface area contributed by atoms with Gasteiger partial charge in [-0.05, 0) is 36.1 Å². The number of fused-ring (bicyclic) bond motifs is 1. The molecule has 0 saturated heterocycles.